The number of nitrogens with zero attached hydrogens (tertiary/aromatic N) is 1. The Morgan fingerprint density at radius 2 is 1.67 bits per heavy atom. The molecule has 0 spiro atoms. The molecule has 0 radical (unpaired) electrons. The molecule has 2 fully saturated rings. The fourth-order valence-corrected chi connectivity index (χ4v) is 4.28. The van der Waals surface area contributed by atoms with E-state index in [2.05, 4.69) is 25.7 Å². The quantitative estimate of drug-likeness (QED) is 0.827. The first-order chi connectivity index (χ1) is 9.92. The second kappa shape index (κ2) is 7.13. The number of hydrogen-bond donors (Lipinski definition) is 1. The Kier molecular flexibility index (Phi) is 5.70. The van der Waals surface area contributed by atoms with Crippen LogP contribution in [-0.4, -0.2) is 35.1 Å². The topological polar surface area (TPSA) is 40.5 Å². The van der Waals surface area contributed by atoms with Crippen LogP contribution < -0.4 is 0 Å². The Labute approximate surface area is 130 Å². The summed E-state index contributed by atoms with van der Waals surface area (Å²) in [5.41, 5.74) is 0.499. The van der Waals surface area contributed by atoms with Crippen LogP contribution in [0.1, 0.15) is 72.1 Å². The average Bonchev–Trinajstić information content (AvgIpc) is 2.47. The maximum absolute atomic E-state index is 10.8. The van der Waals surface area contributed by atoms with Crippen molar-refractivity contribution in [2.45, 2.75) is 78.2 Å². The lowest BCUT2D eigenvalue weighted by atomic mass is 9.68. The minimum atomic E-state index is -0.629. The van der Waals surface area contributed by atoms with Gasteiger partial charge in [0.1, 0.15) is 0 Å². The molecule has 2 rings (SSSR count). The molecule has 1 aliphatic heterocycles. The third-order valence-electron chi connectivity index (χ3n) is 6.34. The zero-order chi connectivity index (χ0) is 15.5. The number of hydrogen-bond acceptors (Lipinski definition) is 2. The molecule has 1 N–H and O–H groups in total. The van der Waals surface area contributed by atoms with E-state index in [1.54, 1.807) is 0 Å². The number of carboxylic acid groups (broad SMARTS) is 1. The van der Waals surface area contributed by atoms with Crippen molar-refractivity contribution in [3.05, 3.63) is 0 Å². The van der Waals surface area contributed by atoms with E-state index in [0.29, 0.717) is 17.8 Å². The number of rotatable bonds is 5. The highest BCUT2D eigenvalue weighted by Gasteiger charge is 2.34. The van der Waals surface area contributed by atoms with Crippen molar-refractivity contribution in [2.75, 3.05) is 13.1 Å². The average molecular weight is 295 g/mol. The van der Waals surface area contributed by atoms with Gasteiger partial charge in [0.25, 0.3) is 0 Å². The van der Waals surface area contributed by atoms with E-state index < -0.39 is 5.97 Å². The smallest absolute Gasteiger partial charge is 0.303 e. The zero-order valence-corrected chi connectivity index (χ0v) is 14.1. The highest BCUT2D eigenvalue weighted by Crippen LogP contribution is 2.41. The molecule has 1 aliphatic carbocycles. The molecule has 1 saturated carbocycles. The monoisotopic (exact) mass is 295 g/mol. The van der Waals surface area contributed by atoms with Gasteiger partial charge in [-0.1, -0.05) is 27.2 Å². The van der Waals surface area contributed by atoms with Crippen molar-refractivity contribution < 1.29 is 9.90 Å². The number of piperidine rings is 1. The van der Waals surface area contributed by atoms with Gasteiger partial charge in [-0.05, 0) is 68.9 Å². The molecule has 3 heteroatoms. The molecule has 1 heterocycles. The first-order valence-electron chi connectivity index (χ1n) is 8.88. The van der Waals surface area contributed by atoms with Crippen molar-refractivity contribution in [3.63, 3.8) is 0 Å². The van der Waals surface area contributed by atoms with Gasteiger partial charge >= 0.3 is 5.97 Å². The number of carbonyl (C=O) groups is 1. The van der Waals surface area contributed by atoms with E-state index in [4.69, 9.17) is 5.11 Å². The Hall–Kier alpha value is -0.570. The Bertz CT molecular complexity index is 337. The van der Waals surface area contributed by atoms with Crippen LogP contribution in [0, 0.1) is 17.3 Å². The molecule has 0 aromatic rings. The molecule has 1 saturated heterocycles. The van der Waals surface area contributed by atoms with Gasteiger partial charge in [0.15, 0.2) is 0 Å². The molecule has 0 bridgehead atoms. The van der Waals surface area contributed by atoms with Gasteiger partial charge in [-0.15, -0.1) is 0 Å². The van der Waals surface area contributed by atoms with Crippen LogP contribution in [0.4, 0.5) is 0 Å². The molecular weight excluding hydrogens is 262 g/mol. The van der Waals surface area contributed by atoms with Gasteiger partial charge in [0, 0.05) is 12.5 Å². The van der Waals surface area contributed by atoms with Gasteiger partial charge in [0.05, 0.1) is 0 Å². The summed E-state index contributed by atoms with van der Waals surface area (Å²) in [5.74, 6) is 0.674. The first-order valence-corrected chi connectivity index (χ1v) is 8.88. The van der Waals surface area contributed by atoms with Gasteiger partial charge in [-0.3, -0.25) is 4.79 Å². The summed E-state index contributed by atoms with van der Waals surface area (Å²) in [6.07, 6.45) is 9.24. The second-order valence-corrected chi connectivity index (χ2v) is 7.92. The van der Waals surface area contributed by atoms with Crippen LogP contribution in [0.25, 0.3) is 0 Å². The third kappa shape index (κ3) is 4.45. The van der Waals surface area contributed by atoms with Crippen LogP contribution in [0.15, 0.2) is 0 Å². The molecule has 122 valence electrons. The van der Waals surface area contributed by atoms with Gasteiger partial charge < -0.3 is 10.0 Å². The largest absolute Gasteiger partial charge is 0.481 e. The van der Waals surface area contributed by atoms with E-state index in [1.807, 2.05) is 0 Å². The Morgan fingerprint density at radius 1 is 1.10 bits per heavy atom. The van der Waals surface area contributed by atoms with Crippen LogP contribution in [-0.2, 0) is 4.79 Å². The fraction of sp³-hybridized carbons (Fsp3) is 0.944. The summed E-state index contributed by atoms with van der Waals surface area (Å²) in [7, 11) is 0. The van der Waals surface area contributed by atoms with Gasteiger partial charge in [-0.25, -0.2) is 0 Å². The number of likely N-dealkylation sites (tertiary alicyclic amines) is 1. The minimum Gasteiger partial charge on any atom is -0.481 e. The molecule has 21 heavy (non-hydrogen) atoms. The highest BCUT2D eigenvalue weighted by molar-refractivity contribution is 5.67. The molecule has 0 aromatic heterocycles. The first kappa shape index (κ1) is 16.8. The van der Waals surface area contributed by atoms with Crippen molar-refractivity contribution in [3.8, 4) is 0 Å². The number of aliphatic carboxylic acids is 1. The van der Waals surface area contributed by atoms with E-state index in [0.717, 1.165) is 37.9 Å². The van der Waals surface area contributed by atoms with E-state index in [1.165, 1.54) is 32.1 Å². The number of carboxylic acids is 1. The molecule has 3 nitrogen and oxygen atoms in total. The maximum Gasteiger partial charge on any atom is 0.303 e. The normalized spacial score (nSPS) is 29.5. The van der Waals surface area contributed by atoms with Crippen molar-refractivity contribution in [1.29, 1.82) is 0 Å². The SMILES string of the molecule is CCC(C)(C)C1CCC(N2CCC(CC(=O)O)CC2)CC1. The zero-order valence-electron chi connectivity index (χ0n) is 14.1. The predicted octanol–water partition coefficient (Wildman–Crippen LogP) is 4.17. The molecule has 0 amide bonds. The van der Waals surface area contributed by atoms with Crippen molar-refractivity contribution >= 4 is 5.97 Å². The van der Waals surface area contributed by atoms with E-state index >= 15 is 0 Å². The van der Waals surface area contributed by atoms with Crippen molar-refractivity contribution in [2.24, 2.45) is 17.3 Å². The molecule has 2 aliphatic rings. The second-order valence-electron chi connectivity index (χ2n) is 7.92. The Balaban J connectivity index is 1.75. The van der Waals surface area contributed by atoms with E-state index in [9.17, 15) is 4.79 Å². The Morgan fingerprint density at radius 3 is 2.14 bits per heavy atom. The summed E-state index contributed by atoms with van der Waals surface area (Å²) in [6.45, 7) is 9.40. The molecule has 0 unspecified atom stereocenters. The summed E-state index contributed by atoms with van der Waals surface area (Å²) < 4.78 is 0. The van der Waals surface area contributed by atoms with Gasteiger partial charge in [0.2, 0.25) is 0 Å². The summed E-state index contributed by atoms with van der Waals surface area (Å²) in [4.78, 5) is 13.4. The fourth-order valence-electron chi connectivity index (χ4n) is 4.28. The lowest BCUT2D eigenvalue weighted by molar-refractivity contribution is -0.138. The van der Waals surface area contributed by atoms with E-state index in [-0.39, 0.29) is 0 Å². The highest BCUT2D eigenvalue weighted by atomic mass is 16.4. The minimum absolute atomic E-state index is 0.366. The summed E-state index contributed by atoms with van der Waals surface area (Å²) >= 11 is 0. The standard InChI is InChI=1S/C18H33NO2/c1-4-18(2,3)15-5-7-16(8-6-15)19-11-9-14(10-12-19)13-17(20)21/h14-16H,4-13H2,1-3H3,(H,20,21). The van der Waals surface area contributed by atoms with Crippen molar-refractivity contribution in [1.82, 2.24) is 4.90 Å². The third-order valence-corrected chi connectivity index (χ3v) is 6.34. The summed E-state index contributed by atoms with van der Waals surface area (Å²) in [5, 5.41) is 8.90. The molecule has 0 atom stereocenters. The lowest BCUT2D eigenvalue weighted by Crippen LogP contribution is -2.44. The maximum atomic E-state index is 10.8. The summed E-state index contributed by atoms with van der Waals surface area (Å²) in [6, 6.07) is 0.764. The molecule has 0 aromatic carbocycles. The van der Waals surface area contributed by atoms with Crippen LogP contribution >= 0.6 is 0 Å². The molecular formula is C18H33NO2. The van der Waals surface area contributed by atoms with Crippen LogP contribution in [0.3, 0.4) is 0 Å². The predicted molar refractivity (Wildman–Crippen MR) is 86.4 cm³/mol. The van der Waals surface area contributed by atoms with Gasteiger partial charge in [-0.2, -0.15) is 0 Å². The van der Waals surface area contributed by atoms with Crippen LogP contribution in [0.2, 0.25) is 0 Å². The van der Waals surface area contributed by atoms with Crippen LogP contribution in [0.5, 0.6) is 0 Å². The lowest BCUT2D eigenvalue weighted by Gasteiger charge is -2.44.